The highest BCUT2D eigenvalue weighted by Gasteiger charge is 2.20. The summed E-state index contributed by atoms with van der Waals surface area (Å²) >= 11 is 24.4. The van der Waals surface area contributed by atoms with Crippen LogP contribution in [0.1, 0.15) is 5.56 Å². The highest BCUT2D eigenvalue weighted by molar-refractivity contribution is 6.42. The van der Waals surface area contributed by atoms with Crippen LogP contribution in [-0.4, -0.2) is 0 Å². The number of halogens is 4. The third-order valence-corrected chi connectivity index (χ3v) is 5.59. The lowest BCUT2D eigenvalue weighted by Gasteiger charge is -2.13. The molecule has 1 heterocycles. The molecule has 0 atom stereocenters. The largest absolute Gasteiger partial charge is 0.481 e. The van der Waals surface area contributed by atoms with Crippen LogP contribution in [0.15, 0.2) is 69.9 Å². The third-order valence-electron chi connectivity index (χ3n) is 4.30. The van der Waals surface area contributed by atoms with Crippen LogP contribution in [0.5, 0.6) is 5.75 Å². The predicted octanol–water partition coefficient (Wildman–Crippen LogP) is 7.65. The topological polar surface area (TPSA) is 39.4 Å². The maximum absolute atomic E-state index is 13.1. The van der Waals surface area contributed by atoms with Crippen molar-refractivity contribution in [1.29, 1.82) is 0 Å². The van der Waals surface area contributed by atoms with E-state index in [0.717, 1.165) is 5.56 Å². The monoisotopic (exact) mass is 464 g/mol. The minimum absolute atomic E-state index is 0.0546. The Kier molecular flexibility index (Phi) is 5.75. The fraction of sp³-hybridized carbons (Fsp3) is 0.0455. The first-order chi connectivity index (χ1) is 13.9. The number of hydrogen-bond donors (Lipinski definition) is 0. The second-order valence-electron chi connectivity index (χ2n) is 6.25. The molecule has 3 aromatic carbocycles. The van der Waals surface area contributed by atoms with Crippen LogP contribution in [0.4, 0.5) is 0 Å². The number of ether oxygens (including phenoxy) is 1. The van der Waals surface area contributed by atoms with Crippen molar-refractivity contribution in [1.82, 2.24) is 0 Å². The summed E-state index contributed by atoms with van der Waals surface area (Å²) in [6.45, 7) is 0.0954. The highest BCUT2D eigenvalue weighted by atomic mass is 35.5. The van der Waals surface area contributed by atoms with Crippen LogP contribution >= 0.6 is 46.4 Å². The zero-order chi connectivity index (χ0) is 20.5. The van der Waals surface area contributed by atoms with Gasteiger partial charge in [-0.15, -0.1) is 0 Å². The van der Waals surface area contributed by atoms with Crippen molar-refractivity contribution in [2.75, 3.05) is 0 Å². The lowest BCUT2D eigenvalue weighted by atomic mass is 10.1. The molecule has 0 saturated carbocycles. The molecule has 1 aromatic heterocycles. The number of benzene rings is 3. The van der Waals surface area contributed by atoms with Gasteiger partial charge in [0.15, 0.2) is 5.76 Å². The molecule has 0 fully saturated rings. The Balaban J connectivity index is 1.85. The SMILES string of the molecule is O=c1c(OCc2ccc(Cl)c(Cl)c2)c(-c2ccc(Cl)cc2Cl)oc2ccccc12. The van der Waals surface area contributed by atoms with Gasteiger partial charge in [-0.05, 0) is 48.0 Å². The van der Waals surface area contributed by atoms with E-state index in [1.54, 1.807) is 60.7 Å². The van der Waals surface area contributed by atoms with Crippen molar-refractivity contribution in [2.45, 2.75) is 6.61 Å². The van der Waals surface area contributed by atoms with Crippen LogP contribution in [0.2, 0.25) is 20.1 Å². The Morgan fingerprint density at radius 2 is 1.62 bits per heavy atom. The normalized spacial score (nSPS) is 11.0. The number of para-hydroxylation sites is 1. The van der Waals surface area contributed by atoms with E-state index < -0.39 is 0 Å². The zero-order valence-corrected chi connectivity index (χ0v) is 17.7. The first-order valence-electron chi connectivity index (χ1n) is 8.52. The van der Waals surface area contributed by atoms with Gasteiger partial charge in [-0.25, -0.2) is 0 Å². The van der Waals surface area contributed by atoms with E-state index in [9.17, 15) is 4.79 Å². The van der Waals surface area contributed by atoms with E-state index in [1.165, 1.54) is 0 Å². The smallest absolute Gasteiger partial charge is 0.235 e. The van der Waals surface area contributed by atoms with Gasteiger partial charge in [-0.2, -0.15) is 0 Å². The maximum atomic E-state index is 13.1. The molecular formula is C22H12Cl4O3. The molecule has 7 heteroatoms. The Bertz CT molecular complexity index is 1280. The summed E-state index contributed by atoms with van der Waals surface area (Å²) in [6, 6.07) is 17.0. The first kappa shape index (κ1) is 20.1. The predicted molar refractivity (Wildman–Crippen MR) is 119 cm³/mol. The van der Waals surface area contributed by atoms with Gasteiger partial charge in [0.05, 0.1) is 20.5 Å². The number of rotatable bonds is 4. The molecule has 4 aromatic rings. The Morgan fingerprint density at radius 1 is 0.828 bits per heavy atom. The van der Waals surface area contributed by atoms with Gasteiger partial charge < -0.3 is 9.15 Å². The van der Waals surface area contributed by atoms with Crippen molar-refractivity contribution >= 4 is 57.4 Å². The molecule has 0 N–H and O–H groups in total. The summed E-state index contributed by atoms with van der Waals surface area (Å²) in [5.74, 6) is 0.287. The lowest BCUT2D eigenvalue weighted by molar-refractivity contribution is 0.298. The van der Waals surface area contributed by atoms with Gasteiger partial charge >= 0.3 is 0 Å². The number of fused-ring (bicyclic) bond motifs is 1. The molecule has 0 aliphatic carbocycles. The fourth-order valence-corrected chi connectivity index (χ4v) is 3.71. The van der Waals surface area contributed by atoms with Gasteiger partial charge in [0, 0.05) is 10.6 Å². The van der Waals surface area contributed by atoms with Gasteiger partial charge in [-0.3, -0.25) is 4.79 Å². The second kappa shape index (κ2) is 8.29. The standard InChI is InChI=1S/C22H12Cl4O3/c23-13-6-7-14(17(25)10-13)21-22(20(27)15-3-1-2-4-19(15)29-21)28-11-12-5-8-16(24)18(26)9-12/h1-10H,11H2. The Hall–Kier alpha value is -2.17. The molecule has 0 aliphatic heterocycles. The van der Waals surface area contributed by atoms with Crippen LogP contribution in [0, 0.1) is 0 Å². The second-order valence-corrected chi connectivity index (χ2v) is 7.90. The van der Waals surface area contributed by atoms with Gasteiger partial charge in [0.1, 0.15) is 12.2 Å². The molecule has 0 radical (unpaired) electrons. The van der Waals surface area contributed by atoms with Crippen LogP contribution < -0.4 is 10.2 Å². The van der Waals surface area contributed by atoms with Crippen molar-refractivity contribution in [3.63, 3.8) is 0 Å². The molecular weight excluding hydrogens is 454 g/mol. The minimum atomic E-state index is -0.298. The quantitative estimate of drug-likeness (QED) is 0.310. The first-order valence-corrected chi connectivity index (χ1v) is 10.0. The molecule has 0 spiro atoms. The van der Waals surface area contributed by atoms with Gasteiger partial charge in [0.25, 0.3) is 0 Å². The van der Waals surface area contributed by atoms with E-state index in [2.05, 4.69) is 0 Å². The molecule has 3 nitrogen and oxygen atoms in total. The molecule has 0 bridgehead atoms. The summed E-state index contributed by atoms with van der Waals surface area (Å²) in [4.78, 5) is 13.1. The Labute approximate surface area is 186 Å². The summed E-state index contributed by atoms with van der Waals surface area (Å²) in [5.41, 5.74) is 1.39. The Morgan fingerprint density at radius 3 is 2.38 bits per heavy atom. The van der Waals surface area contributed by atoms with Crippen LogP contribution in [0.3, 0.4) is 0 Å². The molecule has 0 amide bonds. The zero-order valence-electron chi connectivity index (χ0n) is 14.7. The average molecular weight is 466 g/mol. The molecule has 0 aliphatic rings. The molecule has 29 heavy (non-hydrogen) atoms. The molecule has 0 unspecified atom stereocenters. The van der Waals surface area contributed by atoms with E-state index in [1.807, 2.05) is 0 Å². The average Bonchev–Trinajstić information content (AvgIpc) is 2.70. The van der Waals surface area contributed by atoms with Crippen molar-refractivity contribution in [2.24, 2.45) is 0 Å². The fourth-order valence-electron chi connectivity index (χ4n) is 2.89. The van der Waals surface area contributed by atoms with E-state index in [4.69, 9.17) is 55.6 Å². The van der Waals surface area contributed by atoms with Crippen molar-refractivity contribution in [3.05, 3.63) is 96.5 Å². The molecule has 0 saturated heterocycles. The highest BCUT2D eigenvalue weighted by Crippen LogP contribution is 2.37. The van der Waals surface area contributed by atoms with Gasteiger partial charge in [-0.1, -0.05) is 64.6 Å². The summed E-state index contributed by atoms with van der Waals surface area (Å²) in [6.07, 6.45) is 0. The van der Waals surface area contributed by atoms with Crippen molar-refractivity contribution in [3.8, 4) is 17.1 Å². The summed E-state index contributed by atoms with van der Waals surface area (Å²) in [5, 5.41) is 2.06. The minimum Gasteiger partial charge on any atom is -0.481 e. The van der Waals surface area contributed by atoms with Gasteiger partial charge in [0.2, 0.25) is 11.2 Å². The van der Waals surface area contributed by atoms with Crippen LogP contribution in [-0.2, 0) is 6.61 Å². The number of hydrogen-bond acceptors (Lipinski definition) is 3. The third kappa shape index (κ3) is 4.10. The summed E-state index contributed by atoms with van der Waals surface area (Å²) in [7, 11) is 0. The van der Waals surface area contributed by atoms with E-state index in [0.29, 0.717) is 36.6 Å². The molecule has 4 rings (SSSR count). The van der Waals surface area contributed by atoms with E-state index in [-0.39, 0.29) is 23.5 Å². The van der Waals surface area contributed by atoms with Crippen LogP contribution in [0.25, 0.3) is 22.3 Å². The maximum Gasteiger partial charge on any atom is 0.235 e. The summed E-state index contributed by atoms with van der Waals surface area (Å²) < 4.78 is 11.9. The lowest BCUT2D eigenvalue weighted by Crippen LogP contribution is -2.10. The van der Waals surface area contributed by atoms with Crippen molar-refractivity contribution < 1.29 is 9.15 Å². The molecule has 146 valence electrons. The van der Waals surface area contributed by atoms with E-state index >= 15 is 0 Å².